The van der Waals surface area contributed by atoms with Crippen LogP contribution < -0.4 is 5.32 Å². The molecule has 2 aromatic carbocycles. The van der Waals surface area contributed by atoms with Crippen LogP contribution in [0.4, 0.5) is 5.69 Å². The first-order chi connectivity index (χ1) is 9.85. The van der Waals surface area contributed by atoms with Gasteiger partial charge in [0.1, 0.15) is 0 Å². The van der Waals surface area contributed by atoms with Gasteiger partial charge in [-0.25, -0.2) is 0 Å². The number of halogens is 1. The van der Waals surface area contributed by atoms with E-state index in [1.165, 1.54) is 20.4 Å². The highest BCUT2D eigenvalue weighted by atomic mass is 127. The molecule has 0 radical (unpaired) electrons. The van der Waals surface area contributed by atoms with E-state index in [0.29, 0.717) is 6.04 Å². The van der Waals surface area contributed by atoms with Gasteiger partial charge in [0.2, 0.25) is 0 Å². The molecule has 0 aliphatic carbocycles. The fraction of sp³-hybridized carbons (Fsp3) is 0.368. The van der Waals surface area contributed by atoms with Gasteiger partial charge in [-0.2, -0.15) is 0 Å². The smallest absolute Gasteiger partial charge is 0.0518 e. The minimum atomic E-state index is 0.282. The molecule has 1 N–H and O–H groups in total. The lowest BCUT2D eigenvalue weighted by Gasteiger charge is -2.28. The molecule has 0 bridgehead atoms. The summed E-state index contributed by atoms with van der Waals surface area (Å²) in [5, 5.41) is 3.74. The first-order valence-electron chi connectivity index (χ1n) is 7.43. The lowest BCUT2D eigenvalue weighted by molar-refractivity contribution is 0.352. The van der Waals surface area contributed by atoms with Crippen molar-refractivity contribution in [2.45, 2.75) is 40.2 Å². The standard InChI is InChI=1S/C19H24IN/c1-14-12-16(20)10-11-17(14)21-18(13-19(2,3)4)15-8-6-5-7-9-15/h5-12,18,21H,13H2,1-4H3. The first kappa shape index (κ1) is 16.3. The minimum absolute atomic E-state index is 0.282. The van der Waals surface area contributed by atoms with Gasteiger partial charge in [-0.15, -0.1) is 0 Å². The first-order valence-corrected chi connectivity index (χ1v) is 8.51. The number of anilines is 1. The molecule has 2 rings (SSSR count). The Balaban J connectivity index is 2.28. The van der Waals surface area contributed by atoms with Crippen LogP contribution in [0.1, 0.15) is 44.4 Å². The molecule has 0 aromatic heterocycles. The summed E-state index contributed by atoms with van der Waals surface area (Å²) in [6.45, 7) is 9.06. The second kappa shape index (κ2) is 6.82. The van der Waals surface area contributed by atoms with E-state index in [-0.39, 0.29) is 5.41 Å². The third-order valence-corrected chi connectivity index (χ3v) is 4.21. The Morgan fingerprint density at radius 1 is 1.05 bits per heavy atom. The van der Waals surface area contributed by atoms with Gasteiger partial charge < -0.3 is 5.32 Å². The van der Waals surface area contributed by atoms with E-state index in [0.717, 1.165) is 6.42 Å². The summed E-state index contributed by atoms with van der Waals surface area (Å²) in [6.07, 6.45) is 1.10. The predicted octanol–water partition coefficient (Wildman–Crippen LogP) is 6.19. The van der Waals surface area contributed by atoms with Crippen LogP contribution in [0.15, 0.2) is 48.5 Å². The highest BCUT2D eigenvalue weighted by Gasteiger charge is 2.20. The van der Waals surface area contributed by atoms with Crippen LogP contribution in [0.25, 0.3) is 0 Å². The van der Waals surface area contributed by atoms with Crippen molar-refractivity contribution in [3.63, 3.8) is 0 Å². The Hall–Kier alpha value is -1.03. The van der Waals surface area contributed by atoms with Crippen molar-refractivity contribution in [1.82, 2.24) is 0 Å². The summed E-state index contributed by atoms with van der Waals surface area (Å²) in [5.74, 6) is 0. The number of nitrogens with one attached hydrogen (secondary N) is 1. The van der Waals surface area contributed by atoms with Crippen LogP contribution in [0, 0.1) is 15.9 Å². The molecule has 1 atom stereocenters. The van der Waals surface area contributed by atoms with E-state index in [9.17, 15) is 0 Å². The number of rotatable bonds is 4. The maximum absolute atomic E-state index is 3.74. The zero-order chi connectivity index (χ0) is 15.5. The Bertz CT molecular complexity index is 584. The molecule has 0 saturated carbocycles. The van der Waals surface area contributed by atoms with Crippen LogP contribution in [-0.4, -0.2) is 0 Å². The van der Waals surface area contributed by atoms with Gasteiger partial charge in [0, 0.05) is 9.26 Å². The highest BCUT2D eigenvalue weighted by Crippen LogP contribution is 2.33. The van der Waals surface area contributed by atoms with Crippen molar-refractivity contribution in [2.24, 2.45) is 5.41 Å². The molecule has 112 valence electrons. The van der Waals surface area contributed by atoms with E-state index in [2.05, 4.69) is 104 Å². The van der Waals surface area contributed by atoms with Gasteiger partial charge in [0.15, 0.2) is 0 Å². The molecule has 0 aliphatic rings. The maximum Gasteiger partial charge on any atom is 0.0518 e. The molecular formula is C19H24IN. The average molecular weight is 393 g/mol. The highest BCUT2D eigenvalue weighted by molar-refractivity contribution is 14.1. The zero-order valence-corrected chi connectivity index (χ0v) is 15.4. The lowest BCUT2D eigenvalue weighted by Crippen LogP contribution is -2.19. The summed E-state index contributed by atoms with van der Waals surface area (Å²) in [5.41, 5.74) is 4.17. The van der Waals surface area contributed by atoms with E-state index in [4.69, 9.17) is 0 Å². The van der Waals surface area contributed by atoms with Gasteiger partial charge in [-0.05, 0) is 70.7 Å². The Morgan fingerprint density at radius 3 is 2.29 bits per heavy atom. The average Bonchev–Trinajstić information content (AvgIpc) is 2.40. The summed E-state index contributed by atoms with van der Waals surface area (Å²) in [7, 11) is 0. The van der Waals surface area contributed by atoms with E-state index in [1.807, 2.05) is 0 Å². The van der Waals surface area contributed by atoms with Crippen molar-refractivity contribution in [1.29, 1.82) is 0 Å². The normalized spacial score (nSPS) is 13.0. The Morgan fingerprint density at radius 2 is 1.71 bits per heavy atom. The van der Waals surface area contributed by atoms with Crippen molar-refractivity contribution in [3.8, 4) is 0 Å². The molecule has 2 aromatic rings. The minimum Gasteiger partial charge on any atom is -0.378 e. The molecular weight excluding hydrogens is 369 g/mol. The van der Waals surface area contributed by atoms with E-state index >= 15 is 0 Å². The van der Waals surface area contributed by atoms with Gasteiger partial charge in [-0.1, -0.05) is 51.1 Å². The lowest BCUT2D eigenvalue weighted by atomic mass is 9.85. The van der Waals surface area contributed by atoms with E-state index in [1.54, 1.807) is 0 Å². The quantitative estimate of drug-likeness (QED) is 0.611. The fourth-order valence-electron chi connectivity index (χ4n) is 2.53. The summed E-state index contributed by atoms with van der Waals surface area (Å²) >= 11 is 2.36. The van der Waals surface area contributed by atoms with Crippen molar-refractivity contribution >= 4 is 28.3 Å². The number of hydrogen-bond acceptors (Lipinski definition) is 1. The molecule has 0 fully saturated rings. The second-order valence-corrected chi connectivity index (χ2v) is 8.08. The van der Waals surface area contributed by atoms with E-state index < -0.39 is 0 Å². The monoisotopic (exact) mass is 393 g/mol. The second-order valence-electron chi connectivity index (χ2n) is 6.83. The SMILES string of the molecule is Cc1cc(I)ccc1NC(CC(C)(C)C)c1ccccc1. The number of hydrogen-bond donors (Lipinski definition) is 1. The molecule has 1 unspecified atom stereocenters. The molecule has 0 saturated heterocycles. The van der Waals surface area contributed by atoms with Crippen LogP contribution >= 0.6 is 22.6 Å². The Kier molecular flexibility index (Phi) is 5.31. The summed E-state index contributed by atoms with van der Waals surface area (Å²) in [4.78, 5) is 0. The van der Waals surface area contributed by atoms with Crippen molar-refractivity contribution < 1.29 is 0 Å². The Labute approximate surface area is 142 Å². The number of aryl methyl sites for hydroxylation is 1. The summed E-state index contributed by atoms with van der Waals surface area (Å²) < 4.78 is 1.28. The molecule has 21 heavy (non-hydrogen) atoms. The van der Waals surface area contributed by atoms with Crippen LogP contribution in [0.3, 0.4) is 0 Å². The third kappa shape index (κ3) is 5.03. The maximum atomic E-state index is 3.74. The molecule has 1 nitrogen and oxygen atoms in total. The predicted molar refractivity (Wildman–Crippen MR) is 101 cm³/mol. The van der Waals surface area contributed by atoms with Crippen LogP contribution in [0.2, 0.25) is 0 Å². The molecule has 0 amide bonds. The number of benzene rings is 2. The van der Waals surface area contributed by atoms with Gasteiger partial charge in [-0.3, -0.25) is 0 Å². The fourth-order valence-corrected chi connectivity index (χ4v) is 3.17. The topological polar surface area (TPSA) is 12.0 Å². The van der Waals surface area contributed by atoms with Crippen LogP contribution in [0.5, 0.6) is 0 Å². The molecule has 2 heteroatoms. The van der Waals surface area contributed by atoms with Crippen LogP contribution in [-0.2, 0) is 0 Å². The third-order valence-electron chi connectivity index (χ3n) is 3.54. The van der Waals surface area contributed by atoms with Gasteiger partial charge in [0.05, 0.1) is 6.04 Å². The van der Waals surface area contributed by atoms with Gasteiger partial charge in [0.25, 0.3) is 0 Å². The molecule has 0 aliphatic heterocycles. The molecule has 0 spiro atoms. The summed E-state index contributed by atoms with van der Waals surface area (Å²) in [6, 6.07) is 17.7. The zero-order valence-electron chi connectivity index (χ0n) is 13.3. The van der Waals surface area contributed by atoms with Crippen molar-refractivity contribution in [2.75, 3.05) is 5.32 Å². The van der Waals surface area contributed by atoms with Crippen molar-refractivity contribution in [3.05, 3.63) is 63.2 Å². The van der Waals surface area contributed by atoms with Gasteiger partial charge >= 0.3 is 0 Å². The largest absolute Gasteiger partial charge is 0.378 e. The molecule has 0 heterocycles.